The van der Waals surface area contributed by atoms with Crippen LogP contribution in [0.1, 0.15) is 5.56 Å². The number of nitro groups is 1. The molecule has 1 aliphatic heterocycles. The summed E-state index contributed by atoms with van der Waals surface area (Å²) in [5.74, 6) is 0. The highest BCUT2D eigenvalue weighted by molar-refractivity contribution is 9.10. The minimum absolute atomic E-state index is 0.133. The van der Waals surface area contributed by atoms with Gasteiger partial charge in [-0.25, -0.2) is 0 Å². The van der Waals surface area contributed by atoms with Crippen molar-refractivity contribution in [3.8, 4) is 11.1 Å². The van der Waals surface area contributed by atoms with Crippen molar-refractivity contribution in [3.05, 3.63) is 56.5 Å². The molecule has 0 saturated carbocycles. The van der Waals surface area contributed by atoms with Crippen molar-refractivity contribution < 1.29 is 4.92 Å². The lowest BCUT2D eigenvalue weighted by atomic mass is 10.0. The van der Waals surface area contributed by atoms with Crippen molar-refractivity contribution in [1.29, 1.82) is 0 Å². The molecule has 0 fully saturated rings. The first kappa shape index (κ1) is 12.2. The number of anilines is 1. The van der Waals surface area contributed by atoms with E-state index in [9.17, 15) is 10.1 Å². The van der Waals surface area contributed by atoms with E-state index in [0.29, 0.717) is 5.56 Å². The number of nitro benzene ring substituents is 1. The highest BCUT2D eigenvalue weighted by Crippen LogP contribution is 2.35. The Morgan fingerprint density at radius 2 is 2.05 bits per heavy atom. The van der Waals surface area contributed by atoms with Gasteiger partial charge in [-0.15, -0.1) is 0 Å². The maximum atomic E-state index is 11.1. The van der Waals surface area contributed by atoms with E-state index < -0.39 is 0 Å². The summed E-state index contributed by atoms with van der Waals surface area (Å²) in [5.41, 5.74) is 4.01. The Labute approximate surface area is 118 Å². The first-order chi connectivity index (χ1) is 9.15. The van der Waals surface area contributed by atoms with Gasteiger partial charge in [-0.05, 0) is 41.8 Å². The molecule has 96 valence electrons. The predicted octanol–water partition coefficient (Wildman–Crippen LogP) is 3.99. The fourth-order valence-electron chi connectivity index (χ4n) is 2.37. The second-order valence-corrected chi connectivity index (χ2v) is 5.38. The van der Waals surface area contributed by atoms with Crippen LogP contribution in [0.4, 0.5) is 11.4 Å². The van der Waals surface area contributed by atoms with Gasteiger partial charge >= 0.3 is 0 Å². The van der Waals surface area contributed by atoms with E-state index in [1.807, 2.05) is 18.2 Å². The van der Waals surface area contributed by atoms with Crippen molar-refractivity contribution in [2.24, 2.45) is 0 Å². The second kappa shape index (κ2) is 4.66. The number of benzene rings is 2. The molecule has 0 amide bonds. The summed E-state index contributed by atoms with van der Waals surface area (Å²) >= 11 is 3.37. The first-order valence-electron chi connectivity index (χ1n) is 5.96. The summed E-state index contributed by atoms with van der Waals surface area (Å²) in [6, 6.07) is 11.0. The van der Waals surface area contributed by atoms with E-state index in [-0.39, 0.29) is 10.6 Å². The van der Waals surface area contributed by atoms with Crippen molar-refractivity contribution >= 4 is 27.3 Å². The molecule has 1 aliphatic rings. The van der Waals surface area contributed by atoms with Gasteiger partial charge in [-0.3, -0.25) is 10.1 Å². The molecule has 1 N–H and O–H groups in total. The van der Waals surface area contributed by atoms with Gasteiger partial charge in [0.05, 0.1) is 10.5 Å². The third kappa shape index (κ3) is 2.21. The molecule has 0 saturated heterocycles. The maximum absolute atomic E-state index is 11.1. The topological polar surface area (TPSA) is 55.2 Å². The van der Waals surface area contributed by atoms with Crippen LogP contribution in [0.15, 0.2) is 40.9 Å². The molecule has 0 atom stereocenters. The molecule has 4 nitrogen and oxygen atoms in total. The van der Waals surface area contributed by atoms with Crippen molar-refractivity contribution in [1.82, 2.24) is 0 Å². The quantitative estimate of drug-likeness (QED) is 0.672. The Balaban J connectivity index is 2.16. The lowest BCUT2D eigenvalue weighted by Gasteiger charge is -2.06. The van der Waals surface area contributed by atoms with Gasteiger partial charge in [0.25, 0.3) is 5.69 Å². The van der Waals surface area contributed by atoms with Crippen LogP contribution in [-0.4, -0.2) is 11.5 Å². The fraction of sp³-hybridized carbons (Fsp3) is 0.143. The van der Waals surface area contributed by atoms with Crippen molar-refractivity contribution in [2.45, 2.75) is 6.42 Å². The number of rotatable bonds is 2. The minimum Gasteiger partial charge on any atom is -0.384 e. The zero-order chi connectivity index (χ0) is 13.4. The number of hydrogen-bond acceptors (Lipinski definition) is 3. The minimum atomic E-state index is -0.340. The number of halogens is 1. The monoisotopic (exact) mass is 318 g/mol. The van der Waals surface area contributed by atoms with Gasteiger partial charge in [0.1, 0.15) is 0 Å². The van der Waals surface area contributed by atoms with E-state index in [4.69, 9.17) is 0 Å². The first-order valence-corrected chi connectivity index (χ1v) is 6.75. The Morgan fingerprint density at radius 3 is 2.84 bits per heavy atom. The highest BCUT2D eigenvalue weighted by Gasteiger charge is 2.17. The molecule has 1 heterocycles. The number of nitrogens with zero attached hydrogens (tertiary/aromatic N) is 1. The van der Waals surface area contributed by atoms with E-state index in [0.717, 1.165) is 28.7 Å². The molecule has 0 unspecified atom stereocenters. The Morgan fingerprint density at radius 1 is 1.21 bits per heavy atom. The van der Waals surface area contributed by atoms with Crippen LogP contribution >= 0.6 is 15.9 Å². The van der Waals surface area contributed by atoms with E-state index in [1.165, 1.54) is 11.6 Å². The molecular formula is C14H11BrN2O2. The smallest absolute Gasteiger partial charge is 0.277 e. The highest BCUT2D eigenvalue weighted by atomic mass is 79.9. The van der Waals surface area contributed by atoms with Crippen LogP contribution < -0.4 is 5.32 Å². The van der Waals surface area contributed by atoms with Crippen LogP contribution in [0.5, 0.6) is 0 Å². The Kier molecular flexibility index (Phi) is 2.98. The Hall–Kier alpha value is -1.88. The summed E-state index contributed by atoms with van der Waals surface area (Å²) < 4.78 is 0.840. The summed E-state index contributed by atoms with van der Waals surface area (Å²) in [7, 11) is 0. The second-order valence-electron chi connectivity index (χ2n) is 4.47. The average molecular weight is 319 g/mol. The molecule has 2 aromatic carbocycles. The lowest BCUT2D eigenvalue weighted by Crippen LogP contribution is -1.92. The van der Waals surface area contributed by atoms with E-state index in [2.05, 4.69) is 21.2 Å². The van der Waals surface area contributed by atoms with E-state index >= 15 is 0 Å². The maximum Gasteiger partial charge on any atom is 0.277 e. The van der Waals surface area contributed by atoms with Crippen molar-refractivity contribution in [2.75, 3.05) is 11.9 Å². The number of nitrogens with one attached hydrogen (secondary N) is 1. The largest absolute Gasteiger partial charge is 0.384 e. The normalized spacial score (nSPS) is 12.9. The third-order valence-electron chi connectivity index (χ3n) is 3.28. The van der Waals surface area contributed by atoms with Gasteiger partial charge in [0.15, 0.2) is 0 Å². The molecule has 19 heavy (non-hydrogen) atoms. The van der Waals surface area contributed by atoms with Gasteiger partial charge < -0.3 is 5.32 Å². The summed E-state index contributed by atoms with van der Waals surface area (Å²) in [6.45, 7) is 0.930. The van der Waals surface area contributed by atoms with Crippen molar-refractivity contribution in [3.63, 3.8) is 0 Å². The Bertz CT molecular complexity index is 670. The molecular weight excluding hydrogens is 308 g/mol. The fourth-order valence-corrected chi connectivity index (χ4v) is 2.73. The van der Waals surface area contributed by atoms with Crippen LogP contribution in [0.25, 0.3) is 11.1 Å². The molecule has 0 aromatic heterocycles. The predicted molar refractivity (Wildman–Crippen MR) is 78.4 cm³/mol. The molecule has 0 radical (unpaired) electrons. The molecule has 0 aliphatic carbocycles. The van der Waals surface area contributed by atoms with Gasteiger partial charge in [-0.1, -0.05) is 22.0 Å². The summed E-state index contributed by atoms with van der Waals surface area (Å²) in [6.07, 6.45) is 0.963. The van der Waals surface area contributed by atoms with Crippen LogP contribution in [0.3, 0.4) is 0 Å². The zero-order valence-electron chi connectivity index (χ0n) is 10.0. The molecule has 0 bridgehead atoms. The summed E-state index contributed by atoms with van der Waals surface area (Å²) in [4.78, 5) is 10.8. The van der Waals surface area contributed by atoms with Gasteiger partial charge in [0.2, 0.25) is 0 Å². The van der Waals surface area contributed by atoms with Crippen LogP contribution in [0, 0.1) is 10.1 Å². The average Bonchev–Trinajstić information content (AvgIpc) is 2.85. The van der Waals surface area contributed by atoms with E-state index in [1.54, 1.807) is 12.1 Å². The molecule has 5 heteroatoms. The molecule has 3 rings (SSSR count). The van der Waals surface area contributed by atoms with Gasteiger partial charge in [-0.2, -0.15) is 0 Å². The van der Waals surface area contributed by atoms with Gasteiger partial charge in [0, 0.05) is 22.8 Å². The standard InChI is InChI=1S/C14H11BrN2O2/c15-11-2-4-14(17(18)19)12(8-11)9-1-3-13-10(7-9)5-6-16-13/h1-4,7-8,16H,5-6H2. The van der Waals surface area contributed by atoms with Crippen LogP contribution in [0.2, 0.25) is 0 Å². The third-order valence-corrected chi connectivity index (χ3v) is 3.77. The van der Waals surface area contributed by atoms with Crippen LogP contribution in [-0.2, 0) is 6.42 Å². The lowest BCUT2D eigenvalue weighted by molar-refractivity contribution is -0.384. The number of hydrogen-bond donors (Lipinski definition) is 1. The summed E-state index contributed by atoms with van der Waals surface area (Å²) in [5, 5.41) is 14.4. The SMILES string of the molecule is O=[N+]([O-])c1ccc(Br)cc1-c1ccc2c(c1)CCN2. The number of fused-ring (bicyclic) bond motifs is 1. The zero-order valence-corrected chi connectivity index (χ0v) is 11.6. The molecule has 2 aromatic rings. The molecule has 0 spiro atoms.